The van der Waals surface area contributed by atoms with Gasteiger partial charge in [0.15, 0.2) is 0 Å². The SMILES string of the molecule is CCCCCCc1ccc(C(=O)N(C)C2CCc3[nH]c4c(F)cc(F)cc4c3C2)cc1. The third-order valence-electron chi connectivity index (χ3n) is 6.58. The number of benzene rings is 2. The fourth-order valence-electron chi connectivity index (χ4n) is 4.69. The van der Waals surface area contributed by atoms with E-state index in [1.54, 1.807) is 4.90 Å². The van der Waals surface area contributed by atoms with E-state index in [9.17, 15) is 13.6 Å². The monoisotopic (exact) mass is 424 g/mol. The predicted octanol–water partition coefficient (Wildman–Crippen LogP) is 6.20. The molecule has 0 spiro atoms. The summed E-state index contributed by atoms with van der Waals surface area (Å²) < 4.78 is 27.9. The number of nitrogens with zero attached hydrogens (tertiary/aromatic N) is 1. The Kier molecular flexibility index (Phi) is 6.40. The Labute approximate surface area is 182 Å². The number of unbranched alkanes of at least 4 members (excludes halogenated alkanes) is 3. The van der Waals surface area contributed by atoms with Gasteiger partial charge in [0, 0.05) is 35.8 Å². The second-order valence-corrected chi connectivity index (χ2v) is 8.71. The lowest BCUT2D eigenvalue weighted by Crippen LogP contribution is -2.40. The number of carbonyl (C=O) groups excluding carboxylic acids is 1. The number of rotatable bonds is 7. The van der Waals surface area contributed by atoms with Crippen molar-refractivity contribution in [3.63, 3.8) is 0 Å². The lowest BCUT2D eigenvalue weighted by molar-refractivity contribution is 0.0719. The minimum Gasteiger partial charge on any atom is -0.356 e. The van der Waals surface area contributed by atoms with E-state index in [1.165, 1.54) is 37.3 Å². The van der Waals surface area contributed by atoms with Crippen LogP contribution in [0.15, 0.2) is 36.4 Å². The quantitative estimate of drug-likeness (QED) is 0.451. The normalized spacial score (nSPS) is 15.8. The second-order valence-electron chi connectivity index (χ2n) is 8.71. The summed E-state index contributed by atoms with van der Waals surface area (Å²) in [7, 11) is 1.83. The van der Waals surface area contributed by atoms with Crippen LogP contribution in [0.5, 0.6) is 0 Å². The molecular weight excluding hydrogens is 394 g/mol. The molecule has 1 heterocycles. The molecule has 1 aliphatic rings. The second kappa shape index (κ2) is 9.21. The summed E-state index contributed by atoms with van der Waals surface area (Å²) >= 11 is 0. The third-order valence-corrected chi connectivity index (χ3v) is 6.58. The van der Waals surface area contributed by atoms with Crippen LogP contribution in [0, 0.1) is 11.6 Å². The van der Waals surface area contributed by atoms with Gasteiger partial charge in [0.05, 0.1) is 5.52 Å². The van der Waals surface area contributed by atoms with Gasteiger partial charge in [0.1, 0.15) is 11.6 Å². The molecule has 0 radical (unpaired) electrons. The Morgan fingerprint density at radius 1 is 1.13 bits per heavy atom. The molecule has 0 saturated heterocycles. The first kappa shape index (κ1) is 21.5. The zero-order valence-electron chi connectivity index (χ0n) is 18.3. The Balaban J connectivity index is 1.45. The smallest absolute Gasteiger partial charge is 0.253 e. The first-order chi connectivity index (χ1) is 15.0. The minimum atomic E-state index is -0.576. The number of nitrogens with one attached hydrogen (secondary N) is 1. The highest BCUT2D eigenvalue weighted by Crippen LogP contribution is 2.32. The molecule has 4 rings (SSSR count). The van der Waals surface area contributed by atoms with E-state index < -0.39 is 11.6 Å². The summed E-state index contributed by atoms with van der Waals surface area (Å²) in [5.74, 6) is -1.16. The summed E-state index contributed by atoms with van der Waals surface area (Å²) in [6.45, 7) is 2.21. The maximum absolute atomic E-state index is 14.2. The topological polar surface area (TPSA) is 36.1 Å². The Bertz CT molecular complexity index is 1070. The number of amides is 1. The molecule has 0 aliphatic heterocycles. The average Bonchev–Trinajstić information content (AvgIpc) is 3.14. The van der Waals surface area contributed by atoms with Crippen LogP contribution in [0.3, 0.4) is 0 Å². The Morgan fingerprint density at radius 2 is 1.90 bits per heavy atom. The van der Waals surface area contributed by atoms with E-state index in [4.69, 9.17) is 0 Å². The number of hydrogen-bond donors (Lipinski definition) is 1. The van der Waals surface area contributed by atoms with Crippen LogP contribution in [0.25, 0.3) is 10.9 Å². The summed E-state index contributed by atoms with van der Waals surface area (Å²) in [5.41, 5.74) is 4.17. The molecule has 2 aromatic carbocycles. The fraction of sp³-hybridized carbons (Fsp3) is 0.423. The van der Waals surface area contributed by atoms with Crippen LogP contribution in [0.1, 0.15) is 66.2 Å². The fourth-order valence-corrected chi connectivity index (χ4v) is 4.69. The van der Waals surface area contributed by atoms with Crippen LogP contribution in [-0.4, -0.2) is 28.9 Å². The van der Waals surface area contributed by atoms with Gasteiger partial charge in [0.2, 0.25) is 0 Å². The van der Waals surface area contributed by atoms with Gasteiger partial charge in [-0.05, 0) is 61.4 Å². The van der Waals surface area contributed by atoms with Crippen molar-refractivity contribution in [2.75, 3.05) is 7.05 Å². The number of fused-ring (bicyclic) bond motifs is 3. The van der Waals surface area contributed by atoms with Crippen molar-refractivity contribution in [2.45, 2.75) is 64.3 Å². The van der Waals surface area contributed by atoms with Gasteiger partial charge in [-0.2, -0.15) is 0 Å². The van der Waals surface area contributed by atoms with Crippen molar-refractivity contribution in [1.82, 2.24) is 9.88 Å². The number of aryl methyl sites for hydroxylation is 2. The van der Waals surface area contributed by atoms with Crippen LogP contribution in [0.2, 0.25) is 0 Å². The van der Waals surface area contributed by atoms with Crippen LogP contribution in [0.4, 0.5) is 8.78 Å². The standard InChI is InChI=1S/C26H30F2N2O/c1-3-4-5-6-7-17-8-10-18(11-9-17)26(31)30(2)20-12-13-24-21(16-20)22-14-19(27)15-23(28)25(22)29-24/h8-11,14-15,20,29H,3-7,12-13,16H2,1-2H3. The number of aromatic nitrogens is 1. The molecule has 1 atom stereocenters. The van der Waals surface area contributed by atoms with E-state index >= 15 is 0 Å². The van der Waals surface area contributed by atoms with Gasteiger partial charge in [-0.1, -0.05) is 38.3 Å². The van der Waals surface area contributed by atoms with Crippen molar-refractivity contribution in [2.24, 2.45) is 0 Å². The number of hydrogen-bond acceptors (Lipinski definition) is 1. The molecule has 0 saturated carbocycles. The van der Waals surface area contributed by atoms with Gasteiger partial charge >= 0.3 is 0 Å². The lowest BCUT2D eigenvalue weighted by Gasteiger charge is -2.31. The lowest BCUT2D eigenvalue weighted by atomic mass is 9.90. The summed E-state index contributed by atoms with van der Waals surface area (Å²) in [4.78, 5) is 18.0. The van der Waals surface area contributed by atoms with Gasteiger partial charge < -0.3 is 9.88 Å². The maximum Gasteiger partial charge on any atom is 0.253 e. The van der Waals surface area contributed by atoms with E-state index in [-0.39, 0.29) is 11.9 Å². The highest BCUT2D eigenvalue weighted by Gasteiger charge is 2.29. The maximum atomic E-state index is 14.2. The van der Waals surface area contributed by atoms with Gasteiger partial charge in [-0.15, -0.1) is 0 Å². The Hall–Kier alpha value is -2.69. The minimum absolute atomic E-state index is 0.000881. The van der Waals surface area contributed by atoms with Gasteiger partial charge in [0.25, 0.3) is 5.91 Å². The van der Waals surface area contributed by atoms with Crippen LogP contribution < -0.4 is 0 Å². The van der Waals surface area contributed by atoms with E-state index in [0.717, 1.165) is 30.2 Å². The van der Waals surface area contributed by atoms with Crippen molar-refractivity contribution < 1.29 is 13.6 Å². The van der Waals surface area contributed by atoms with Crippen molar-refractivity contribution >= 4 is 16.8 Å². The highest BCUT2D eigenvalue weighted by molar-refractivity contribution is 5.94. The molecule has 5 heteroatoms. The molecule has 0 bridgehead atoms. The first-order valence-electron chi connectivity index (χ1n) is 11.3. The van der Waals surface area contributed by atoms with E-state index in [0.29, 0.717) is 29.3 Å². The third kappa shape index (κ3) is 4.51. The van der Waals surface area contributed by atoms with Gasteiger partial charge in [-0.3, -0.25) is 4.79 Å². The molecule has 3 aromatic rings. The first-order valence-corrected chi connectivity index (χ1v) is 11.3. The van der Waals surface area contributed by atoms with E-state index in [1.807, 2.05) is 19.2 Å². The average molecular weight is 425 g/mol. The number of carbonyl (C=O) groups is 1. The summed E-state index contributed by atoms with van der Waals surface area (Å²) in [6.07, 6.45) is 8.05. The van der Waals surface area contributed by atoms with Crippen LogP contribution >= 0.6 is 0 Å². The largest absolute Gasteiger partial charge is 0.356 e. The van der Waals surface area contributed by atoms with Crippen LogP contribution in [-0.2, 0) is 19.3 Å². The number of likely N-dealkylation sites (N-methyl/N-ethyl adjacent to an activating group) is 1. The van der Waals surface area contributed by atoms with E-state index in [2.05, 4.69) is 24.0 Å². The molecule has 1 N–H and O–H groups in total. The van der Waals surface area contributed by atoms with Crippen molar-refractivity contribution in [3.05, 3.63) is 70.4 Å². The molecule has 3 nitrogen and oxygen atoms in total. The molecule has 1 unspecified atom stereocenters. The molecular formula is C26H30F2N2O. The zero-order valence-corrected chi connectivity index (χ0v) is 18.3. The molecule has 1 aliphatic carbocycles. The zero-order chi connectivity index (χ0) is 22.0. The van der Waals surface area contributed by atoms with Gasteiger partial charge in [-0.25, -0.2) is 8.78 Å². The molecule has 0 fully saturated rings. The number of halogens is 2. The Morgan fingerprint density at radius 3 is 2.65 bits per heavy atom. The van der Waals surface area contributed by atoms with Crippen molar-refractivity contribution in [3.8, 4) is 0 Å². The van der Waals surface area contributed by atoms with Crippen molar-refractivity contribution in [1.29, 1.82) is 0 Å². The molecule has 1 amide bonds. The highest BCUT2D eigenvalue weighted by atomic mass is 19.1. The predicted molar refractivity (Wildman–Crippen MR) is 120 cm³/mol. The molecule has 164 valence electrons. The summed E-state index contributed by atoms with van der Waals surface area (Å²) in [6, 6.07) is 10.2. The number of H-pyrrole nitrogens is 1. The molecule has 31 heavy (non-hydrogen) atoms. The molecule has 1 aromatic heterocycles. The number of aromatic amines is 1. The summed E-state index contributed by atoms with van der Waals surface area (Å²) in [5, 5.41) is 0.588.